The SMILES string of the molecule is COc1ccc(Cn2c3c(c4ccc(C(=O)NCC(=O)c5ccco5)cc42)CCCC3)c(Cl)c1. The molecule has 0 saturated heterocycles. The monoisotopic (exact) mass is 476 g/mol. The predicted molar refractivity (Wildman–Crippen MR) is 131 cm³/mol. The van der Waals surface area contributed by atoms with Crippen LogP contribution in [0, 0.1) is 0 Å². The maximum Gasteiger partial charge on any atom is 0.251 e. The molecule has 1 amide bonds. The molecule has 5 rings (SSSR count). The summed E-state index contributed by atoms with van der Waals surface area (Å²) in [5.74, 6) is 0.382. The number of Topliss-reactive ketones (excluding diaryl/α,β-unsaturated/α-hetero) is 1. The van der Waals surface area contributed by atoms with Crippen LogP contribution in [-0.2, 0) is 19.4 Å². The molecule has 174 valence electrons. The molecule has 0 atom stereocenters. The first-order chi connectivity index (χ1) is 16.5. The van der Waals surface area contributed by atoms with Gasteiger partial charge in [0.2, 0.25) is 5.78 Å². The number of halogens is 1. The van der Waals surface area contributed by atoms with Crippen molar-refractivity contribution in [3.8, 4) is 5.75 Å². The van der Waals surface area contributed by atoms with Crippen LogP contribution in [0.5, 0.6) is 5.75 Å². The minimum absolute atomic E-state index is 0.122. The predicted octanol–water partition coefficient (Wildman–Crippen LogP) is 5.44. The van der Waals surface area contributed by atoms with E-state index in [0.29, 0.717) is 17.1 Å². The number of nitrogens with zero attached hydrogens (tertiary/aromatic N) is 1. The van der Waals surface area contributed by atoms with Crippen molar-refractivity contribution in [2.45, 2.75) is 32.2 Å². The Morgan fingerprint density at radius 3 is 2.74 bits per heavy atom. The number of amides is 1. The number of ketones is 1. The number of benzene rings is 2. The number of hydrogen-bond donors (Lipinski definition) is 1. The Balaban J connectivity index is 1.47. The maximum atomic E-state index is 12.9. The Bertz CT molecular complexity index is 1370. The number of furan rings is 1. The summed E-state index contributed by atoms with van der Waals surface area (Å²) >= 11 is 6.56. The molecule has 0 bridgehead atoms. The van der Waals surface area contributed by atoms with E-state index in [1.165, 1.54) is 22.9 Å². The molecule has 0 aliphatic heterocycles. The molecule has 2 aromatic heterocycles. The molecule has 2 aromatic carbocycles. The second kappa shape index (κ2) is 9.39. The van der Waals surface area contributed by atoms with Gasteiger partial charge in [0.05, 0.1) is 19.9 Å². The van der Waals surface area contributed by atoms with E-state index in [1.54, 1.807) is 19.2 Å². The zero-order valence-electron chi connectivity index (χ0n) is 18.9. The molecule has 0 fully saturated rings. The molecule has 0 radical (unpaired) electrons. The average Bonchev–Trinajstić information content (AvgIpc) is 3.51. The van der Waals surface area contributed by atoms with E-state index in [-0.39, 0.29) is 24.0 Å². The van der Waals surface area contributed by atoms with E-state index in [4.69, 9.17) is 20.8 Å². The van der Waals surface area contributed by atoms with E-state index in [9.17, 15) is 9.59 Å². The Labute approximate surface area is 202 Å². The van der Waals surface area contributed by atoms with Gasteiger partial charge in [0.25, 0.3) is 5.91 Å². The molecule has 0 unspecified atom stereocenters. The van der Waals surface area contributed by atoms with Crippen LogP contribution in [0.3, 0.4) is 0 Å². The standard InChI is InChI=1S/C27H25ClN2O4/c1-33-19-10-8-18(22(28)14-19)16-30-23-6-3-2-5-20(23)21-11-9-17(13-24(21)30)27(32)29-15-25(31)26-7-4-12-34-26/h4,7-14H,2-3,5-6,15-16H2,1H3,(H,29,32). The van der Waals surface area contributed by atoms with Gasteiger partial charge in [0.15, 0.2) is 5.76 Å². The quantitative estimate of drug-likeness (QED) is 0.361. The second-order valence-corrected chi connectivity index (χ2v) is 8.90. The summed E-state index contributed by atoms with van der Waals surface area (Å²) < 4.78 is 12.7. The molecule has 0 spiro atoms. The molecule has 1 N–H and O–H groups in total. The van der Waals surface area contributed by atoms with Gasteiger partial charge in [-0.25, -0.2) is 0 Å². The molecule has 4 aromatic rings. The first kappa shape index (κ1) is 22.3. The number of aryl methyl sites for hydroxylation is 1. The van der Waals surface area contributed by atoms with Crippen molar-refractivity contribution in [3.63, 3.8) is 0 Å². The van der Waals surface area contributed by atoms with Gasteiger partial charge in [-0.1, -0.05) is 23.7 Å². The lowest BCUT2D eigenvalue weighted by molar-refractivity contribution is 0.0892. The van der Waals surface area contributed by atoms with Gasteiger partial charge in [0.1, 0.15) is 5.75 Å². The van der Waals surface area contributed by atoms with E-state index in [1.807, 2.05) is 36.4 Å². The van der Waals surface area contributed by atoms with Crippen LogP contribution in [0.15, 0.2) is 59.2 Å². The Hall–Kier alpha value is -3.51. The summed E-state index contributed by atoms with van der Waals surface area (Å²) in [6.07, 6.45) is 5.76. The Morgan fingerprint density at radius 1 is 1.12 bits per heavy atom. The number of carbonyl (C=O) groups excluding carboxylic acids is 2. The molecule has 1 aliphatic carbocycles. The fourth-order valence-electron chi connectivity index (χ4n) is 4.70. The van der Waals surface area contributed by atoms with Crippen molar-refractivity contribution in [1.82, 2.24) is 9.88 Å². The van der Waals surface area contributed by atoms with Crippen molar-refractivity contribution >= 4 is 34.2 Å². The van der Waals surface area contributed by atoms with E-state index in [2.05, 4.69) is 9.88 Å². The fraction of sp³-hybridized carbons (Fsp3) is 0.259. The van der Waals surface area contributed by atoms with Crippen molar-refractivity contribution in [2.24, 2.45) is 0 Å². The van der Waals surface area contributed by atoms with Crippen molar-refractivity contribution in [1.29, 1.82) is 0 Å². The van der Waals surface area contributed by atoms with Crippen LogP contribution >= 0.6 is 11.6 Å². The number of carbonyl (C=O) groups is 2. The van der Waals surface area contributed by atoms with Crippen molar-refractivity contribution in [3.05, 3.63) is 88.0 Å². The third-order valence-corrected chi connectivity index (χ3v) is 6.79. The highest BCUT2D eigenvalue weighted by Crippen LogP contribution is 2.34. The van der Waals surface area contributed by atoms with Crippen LogP contribution in [-0.4, -0.2) is 29.9 Å². The molecule has 0 saturated carbocycles. The summed E-state index contributed by atoms with van der Waals surface area (Å²) in [6, 6.07) is 14.7. The number of nitrogens with one attached hydrogen (secondary N) is 1. The van der Waals surface area contributed by atoms with Gasteiger partial charge < -0.3 is 19.0 Å². The highest BCUT2D eigenvalue weighted by molar-refractivity contribution is 6.31. The summed E-state index contributed by atoms with van der Waals surface area (Å²) in [6.45, 7) is 0.486. The lowest BCUT2D eigenvalue weighted by Gasteiger charge is -2.17. The Morgan fingerprint density at radius 2 is 1.97 bits per heavy atom. The second-order valence-electron chi connectivity index (χ2n) is 8.49. The van der Waals surface area contributed by atoms with Gasteiger partial charge in [-0.2, -0.15) is 0 Å². The number of ether oxygens (including phenoxy) is 1. The lowest BCUT2D eigenvalue weighted by atomic mass is 9.95. The van der Waals surface area contributed by atoms with Crippen LogP contribution in [0.1, 0.15) is 50.6 Å². The number of aromatic nitrogens is 1. The molecule has 34 heavy (non-hydrogen) atoms. The number of rotatable bonds is 7. The molecule has 1 aliphatic rings. The van der Waals surface area contributed by atoms with Gasteiger partial charge in [-0.05, 0) is 73.2 Å². The van der Waals surface area contributed by atoms with Crippen molar-refractivity contribution in [2.75, 3.05) is 13.7 Å². The largest absolute Gasteiger partial charge is 0.497 e. The molecule has 7 heteroatoms. The van der Waals surface area contributed by atoms with Gasteiger partial charge in [-0.3, -0.25) is 9.59 Å². The number of methoxy groups -OCH3 is 1. The lowest BCUT2D eigenvalue weighted by Crippen LogP contribution is -2.29. The maximum absolute atomic E-state index is 12.9. The smallest absolute Gasteiger partial charge is 0.251 e. The van der Waals surface area contributed by atoms with Gasteiger partial charge >= 0.3 is 0 Å². The Kier molecular flexibility index (Phi) is 6.16. The summed E-state index contributed by atoms with van der Waals surface area (Å²) in [7, 11) is 1.62. The topological polar surface area (TPSA) is 73.5 Å². The normalized spacial score (nSPS) is 13.0. The zero-order valence-corrected chi connectivity index (χ0v) is 19.7. The van der Waals surface area contributed by atoms with E-state index >= 15 is 0 Å². The fourth-order valence-corrected chi connectivity index (χ4v) is 4.93. The summed E-state index contributed by atoms with van der Waals surface area (Å²) in [5, 5.41) is 4.53. The molecular weight excluding hydrogens is 452 g/mol. The van der Waals surface area contributed by atoms with Crippen LogP contribution in [0.4, 0.5) is 0 Å². The summed E-state index contributed by atoms with van der Waals surface area (Å²) in [4.78, 5) is 25.0. The third-order valence-electron chi connectivity index (χ3n) is 6.43. The number of hydrogen-bond acceptors (Lipinski definition) is 4. The summed E-state index contributed by atoms with van der Waals surface area (Å²) in [5.41, 5.74) is 5.16. The number of fused-ring (bicyclic) bond motifs is 3. The molecule has 2 heterocycles. The minimum Gasteiger partial charge on any atom is -0.497 e. The highest BCUT2D eigenvalue weighted by Gasteiger charge is 2.22. The van der Waals surface area contributed by atoms with Crippen LogP contribution in [0.25, 0.3) is 10.9 Å². The highest BCUT2D eigenvalue weighted by atomic mass is 35.5. The molecule has 6 nitrogen and oxygen atoms in total. The first-order valence-electron chi connectivity index (χ1n) is 11.4. The first-order valence-corrected chi connectivity index (χ1v) is 11.7. The minimum atomic E-state index is -0.296. The zero-order chi connectivity index (χ0) is 23.7. The molecular formula is C27H25ClN2O4. The van der Waals surface area contributed by atoms with Crippen LogP contribution < -0.4 is 10.1 Å². The average molecular weight is 477 g/mol. The van der Waals surface area contributed by atoms with Gasteiger partial charge in [0, 0.05) is 33.7 Å². The van der Waals surface area contributed by atoms with Gasteiger partial charge in [-0.15, -0.1) is 0 Å². The van der Waals surface area contributed by atoms with Crippen molar-refractivity contribution < 1.29 is 18.7 Å². The third kappa shape index (κ3) is 4.21. The van der Waals surface area contributed by atoms with Crippen LogP contribution in [0.2, 0.25) is 5.02 Å². The van der Waals surface area contributed by atoms with E-state index < -0.39 is 0 Å². The van der Waals surface area contributed by atoms with E-state index in [0.717, 1.165) is 42.5 Å².